The van der Waals surface area contributed by atoms with E-state index in [0.717, 1.165) is 36.3 Å². The SMILES string of the molecule is CCCOc1ccc(/C(O)=C2/C(=O)C(=O)N(CCCN(C)C)C2c2ccc(C(C)C)cc2)cc1C. The van der Waals surface area contributed by atoms with E-state index in [2.05, 4.69) is 13.8 Å². The molecule has 0 aliphatic carbocycles. The molecule has 1 fully saturated rings. The quantitative estimate of drug-likeness (QED) is 0.286. The molecule has 1 saturated heterocycles. The zero-order valence-electron chi connectivity index (χ0n) is 21.8. The molecule has 2 aromatic rings. The fourth-order valence-corrected chi connectivity index (χ4v) is 4.40. The van der Waals surface area contributed by atoms with E-state index in [1.165, 1.54) is 5.56 Å². The summed E-state index contributed by atoms with van der Waals surface area (Å²) >= 11 is 0. The van der Waals surface area contributed by atoms with Crippen LogP contribution in [0.2, 0.25) is 0 Å². The summed E-state index contributed by atoms with van der Waals surface area (Å²) in [5.41, 5.74) is 3.50. The van der Waals surface area contributed by atoms with Gasteiger partial charge >= 0.3 is 0 Å². The summed E-state index contributed by atoms with van der Waals surface area (Å²) in [5, 5.41) is 11.3. The maximum absolute atomic E-state index is 13.2. The monoisotopic (exact) mass is 478 g/mol. The number of carbonyl (C=O) groups is 2. The molecule has 188 valence electrons. The van der Waals surface area contributed by atoms with Crippen molar-refractivity contribution in [3.8, 4) is 5.75 Å². The van der Waals surface area contributed by atoms with E-state index in [0.29, 0.717) is 24.6 Å². The highest BCUT2D eigenvalue weighted by molar-refractivity contribution is 6.46. The van der Waals surface area contributed by atoms with Crippen molar-refractivity contribution < 1.29 is 19.4 Å². The van der Waals surface area contributed by atoms with Gasteiger partial charge in [0.2, 0.25) is 0 Å². The van der Waals surface area contributed by atoms with E-state index in [4.69, 9.17) is 4.74 Å². The van der Waals surface area contributed by atoms with Crippen molar-refractivity contribution >= 4 is 17.4 Å². The molecule has 6 nitrogen and oxygen atoms in total. The van der Waals surface area contributed by atoms with Crippen molar-refractivity contribution in [2.24, 2.45) is 0 Å². The Kier molecular flexibility index (Phi) is 8.73. The Labute approximate surface area is 209 Å². The molecule has 0 saturated carbocycles. The number of aryl methyl sites for hydroxylation is 1. The Morgan fingerprint density at radius 2 is 1.80 bits per heavy atom. The van der Waals surface area contributed by atoms with Gasteiger partial charge in [0.05, 0.1) is 18.2 Å². The number of hydrogen-bond donors (Lipinski definition) is 1. The average Bonchev–Trinajstić information content (AvgIpc) is 3.07. The Hall–Kier alpha value is -3.12. The van der Waals surface area contributed by atoms with E-state index in [-0.39, 0.29) is 11.3 Å². The van der Waals surface area contributed by atoms with Gasteiger partial charge in [-0.3, -0.25) is 9.59 Å². The number of likely N-dealkylation sites (tertiary alicyclic amines) is 1. The molecule has 0 radical (unpaired) electrons. The topological polar surface area (TPSA) is 70.1 Å². The highest BCUT2D eigenvalue weighted by Crippen LogP contribution is 2.40. The van der Waals surface area contributed by atoms with Crippen LogP contribution >= 0.6 is 0 Å². The fourth-order valence-electron chi connectivity index (χ4n) is 4.40. The predicted molar refractivity (Wildman–Crippen MR) is 140 cm³/mol. The van der Waals surface area contributed by atoms with E-state index in [9.17, 15) is 14.7 Å². The standard InChI is InChI=1S/C29H38N2O4/c1-7-17-35-24-14-13-23(18-20(24)4)27(32)25-26(22-11-9-21(10-12-22)19(2)3)31(29(34)28(25)33)16-8-15-30(5)6/h9-14,18-19,26,32H,7-8,15-17H2,1-6H3/b27-25-. The Bertz CT molecular complexity index is 1090. The molecule has 1 aliphatic rings. The summed E-state index contributed by atoms with van der Waals surface area (Å²) in [4.78, 5) is 30.0. The van der Waals surface area contributed by atoms with Gasteiger partial charge in [-0.15, -0.1) is 0 Å². The van der Waals surface area contributed by atoms with Crippen molar-refractivity contribution in [3.05, 3.63) is 70.3 Å². The molecule has 0 spiro atoms. The number of carbonyl (C=O) groups excluding carboxylic acids is 2. The number of amides is 1. The van der Waals surface area contributed by atoms with Crippen LogP contribution in [0.3, 0.4) is 0 Å². The van der Waals surface area contributed by atoms with Crippen LogP contribution in [-0.2, 0) is 9.59 Å². The molecule has 1 amide bonds. The van der Waals surface area contributed by atoms with Crippen molar-refractivity contribution in [2.75, 3.05) is 33.8 Å². The first-order chi connectivity index (χ1) is 16.6. The van der Waals surface area contributed by atoms with Gasteiger partial charge in [0.1, 0.15) is 11.5 Å². The second kappa shape index (κ2) is 11.5. The minimum Gasteiger partial charge on any atom is -0.507 e. The third-order valence-corrected chi connectivity index (χ3v) is 6.37. The number of Topliss-reactive ketones (excluding diaryl/α,β-unsaturated/α-hetero) is 1. The predicted octanol–water partition coefficient (Wildman–Crippen LogP) is 5.28. The summed E-state index contributed by atoms with van der Waals surface area (Å²) < 4.78 is 5.75. The zero-order chi connectivity index (χ0) is 25.7. The number of nitrogens with zero attached hydrogens (tertiary/aromatic N) is 2. The highest BCUT2D eigenvalue weighted by atomic mass is 16.5. The number of ketones is 1. The number of aliphatic hydroxyl groups excluding tert-OH is 1. The average molecular weight is 479 g/mol. The van der Waals surface area contributed by atoms with Gasteiger partial charge in [-0.25, -0.2) is 0 Å². The summed E-state index contributed by atoms with van der Waals surface area (Å²) in [7, 11) is 3.96. The van der Waals surface area contributed by atoms with Gasteiger partial charge < -0.3 is 19.6 Å². The van der Waals surface area contributed by atoms with Gasteiger partial charge in [0.25, 0.3) is 11.7 Å². The lowest BCUT2D eigenvalue weighted by Crippen LogP contribution is -2.32. The largest absolute Gasteiger partial charge is 0.507 e. The number of aliphatic hydroxyl groups is 1. The lowest BCUT2D eigenvalue weighted by molar-refractivity contribution is -0.139. The molecule has 1 atom stereocenters. The molecule has 3 rings (SSSR count). The molecule has 2 aromatic carbocycles. The maximum atomic E-state index is 13.2. The van der Waals surface area contributed by atoms with E-state index < -0.39 is 17.7 Å². The lowest BCUT2D eigenvalue weighted by atomic mass is 9.93. The Morgan fingerprint density at radius 3 is 2.37 bits per heavy atom. The first-order valence-corrected chi connectivity index (χ1v) is 12.4. The van der Waals surface area contributed by atoms with Crippen LogP contribution in [0.1, 0.15) is 67.8 Å². The van der Waals surface area contributed by atoms with Crippen LogP contribution in [0.4, 0.5) is 0 Å². The van der Waals surface area contributed by atoms with Gasteiger partial charge in [0, 0.05) is 12.1 Å². The lowest BCUT2D eigenvalue weighted by Gasteiger charge is -2.26. The normalized spacial score (nSPS) is 17.6. The van der Waals surface area contributed by atoms with Crippen LogP contribution in [0.5, 0.6) is 5.75 Å². The first kappa shape index (κ1) is 26.5. The smallest absolute Gasteiger partial charge is 0.295 e. The van der Waals surface area contributed by atoms with Crippen molar-refractivity contribution in [3.63, 3.8) is 0 Å². The molecule has 0 bridgehead atoms. The van der Waals surface area contributed by atoms with Crippen LogP contribution in [0.15, 0.2) is 48.0 Å². The number of hydrogen-bond acceptors (Lipinski definition) is 5. The highest BCUT2D eigenvalue weighted by Gasteiger charge is 2.45. The summed E-state index contributed by atoms with van der Waals surface area (Å²) in [5.74, 6) is -0.251. The third-order valence-electron chi connectivity index (χ3n) is 6.37. The molecular formula is C29H38N2O4. The molecule has 35 heavy (non-hydrogen) atoms. The second-order valence-corrected chi connectivity index (χ2v) is 9.80. The van der Waals surface area contributed by atoms with Gasteiger partial charge in [-0.05, 0) is 81.2 Å². The van der Waals surface area contributed by atoms with E-state index >= 15 is 0 Å². The molecule has 6 heteroatoms. The van der Waals surface area contributed by atoms with Crippen LogP contribution < -0.4 is 4.74 Å². The van der Waals surface area contributed by atoms with Crippen LogP contribution in [0.25, 0.3) is 5.76 Å². The van der Waals surface area contributed by atoms with Crippen molar-refractivity contribution in [1.29, 1.82) is 0 Å². The summed E-state index contributed by atoms with van der Waals surface area (Å²) in [6.45, 7) is 10.0. The van der Waals surface area contributed by atoms with Gasteiger partial charge in [-0.1, -0.05) is 45.0 Å². The van der Waals surface area contributed by atoms with Crippen LogP contribution in [-0.4, -0.2) is 60.4 Å². The van der Waals surface area contributed by atoms with Gasteiger partial charge in [0.15, 0.2) is 0 Å². The zero-order valence-corrected chi connectivity index (χ0v) is 21.8. The van der Waals surface area contributed by atoms with E-state index in [1.807, 2.05) is 57.1 Å². The number of rotatable bonds is 10. The Balaban J connectivity index is 2.06. The number of ether oxygens (including phenoxy) is 1. The van der Waals surface area contributed by atoms with Crippen molar-refractivity contribution in [2.45, 2.75) is 52.5 Å². The molecule has 1 aliphatic heterocycles. The minimum atomic E-state index is -0.644. The minimum absolute atomic E-state index is 0.138. The van der Waals surface area contributed by atoms with Gasteiger partial charge in [-0.2, -0.15) is 0 Å². The summed E-state index contributed by atoms with van der Waals surface area (Å²) in [6, 6.07) is 12.7. The maximum Gasteiger partial charge on any atom is 0.295 e. The third kappa shape index (κ3) is 5.93. The van der Waals surface area contributed by atoms with Crippen molar-refractivity contribution in [1.82, 2.24) is 9.80 Å². The fraction of sp³-hybridized carbons (Fsp3) is 0.448. The first-order valence-electron chi connectivity index (χ1n) is 12.4. The molecule has 1 unspecified atom stereocenters. The van der Waals surface area contributed by atoms with Crippen LogP contribution in [0, 0.1) is 6.92 Å². The molecule has 1 heterocycles. The second-order valence-electron chi connectivity index (χ2n) is 9.80. The molecule has 1 N–H and O–H groups in total. The Morgan fingerprint density at radius 1 is 1.11 bits per heavy atom. The molecule has 0 aromatic heterocycles. The molecular weight excluding hydrogens is 440 g/mol. The number of benzene rings is 2. The summed E-state index contributed by atoms with van der Waals surface area (Å²) in [6.07, 6.45) is 1.62. The van der Waals surface area contributed by atoms with E-state index in [1.54, 1.807) is 23.1 Å².